The molecule has 1 aromatic heterocycles. The van der Waals surface area contributed by atoms with Gasteiger partial charge in [-0.3, -0.25) is 4.79 Å². The molecule has 0 spiro atoms. The quantitative estimate of drug-likeness (QED) is 0.409. The summed E-state index contributed by atoms with van der Waals surface area (Å²) in [5.74, 6) is -1.01. The summed E-state index contributed by atoms with van der Waals surface area (Å²) < 4.78 is 41.3. The van der Waals surface area contributed by atoms with Gasteiger partial charge in [0.15, 0.2) is 0 Å². The van der Waals surface area contributed by atoms with Crippen LogP contribution in [0.25, 0.3) is 10.9 Å². The predicted octanol–water partition coefficient (Wildman–Crippen LogP) is 5.56. The predicted molar refractivity (Wildman–Crippen MR) is 119 cm³/mol. The molecule has 4 rings (SSSR count). The molecule has 0 aliphatic heterocycles. The molecule has 9 heteroatoms. The first kappa shape index (κ1) is 21.4. The lowest BCUT2D eigenvalue weighted by molar-refractivity contribution is -0.116. The highest BCUT2D eigenvalue weighted by molar-refractivity contribution is 7.91. The first-order chi connectivity index (χ1) is 14.8. The van der Waals surface area contributed by atoms with Gasteiger partial charge in [-0.05, 0) is 48.5 Å². The molecule has 31 heavy (non-hydrogen) atoms. The molecule has 0 saturated carbocycles. The number of para-hydroxylation sites is 1. The third-order valence-electron chi connectivity index (χ3n) is 4.68. The molecule has 0 aliphatic carbocycles. The number of carbonyl (C=O) groups is 1. The van der Waals surface area contributed by atoms with Gasteiger partial charge in [0.05, 0.1) is 14.8 Å². The van der Waals surface area contributed by atoms with Gasteiger partial charge in [-0.25, -0.2) is 12.8 Å². The van der Waals surface area contributed by atoms with Crippen LogP contribution >= 0.6 is 23.2 Å². The normalized spacial score (nSPS) is 11.6. The molecule has 158 valence electrons. The molecule has 3 aromatic carbocycles. The Morgan fingerprint density at radius 1 is 1.00 bits per heavy atom. The van der Waals surface area contributed by atoms with Crippen molar-refractivity contribution in [3.63, 3.8) is 0 Å². The van der Waals surface area contributed by atoms with Gasteiger partial charge in [0.1, 0.15) is 12.4 Å². The molecular formula is C22H15Cl2FN2O3S. The van der Waals surface area contributed by atoms with Crippen LogP contribution in [-0.2, 0) is 21.2 Å². The lowest BCUT2D eigenvalue weighted by Gasteiger charge is -2.08. The third kappa shape index (κ3) is 4.30. The maximum Gasteiger partial charge on any atom is 0.244 e. The molecule has 1 heterocycles. The fourth-order valence-corrected chi connectivity index (χ4v) is 5.01. The summed E-state index contributed by atoms with van der Waals surface area (Å²) in [5, 5.41) is 3.45. The van der Waals surface area contributed by atoms with Crippen LogP contribution in [0.3, 0.4) is 0 Å². The topological polar surface area (TPSA) is 68.2 Å². The van der Waals surface area contributed by atoms with Crippen LogP contribution in [0.2, 0.25) is 10.0 Å². The van der Waals surface area contributed by atoms with E-state index in [4.69, 9.17) is 23.2 Å². The van der Waals surface area contributed by atoms with Gasteiger partial charge in [-0.1, -0.05) is 41.4 Å². The summed E-state index contributed by atoms with van der Waals surface area (Å²) in [5.41, 5.74) is 0.921. The molecule has 0 bridgehead atoms. The van der Waals surface area contributed by atoms with Crippen LogP contribution in [-0.4, -0.2) is 18.9 Å². The van der Waals surface area contributed by atoms with Crippen molar-refractivity contribution in [3.8, 4) is 0 Å². The third-order valence-corrected chi connectivity index (χ3v) is 7.02. The number of nitrogens with one attached hydrogen (secondary N) is 1. The maximum absolute atomic E-state index is 13.3. The molecule has 0 unspecified atom stereocenters. The summed E-state index contributed by atoms with van der Waals surface area (Å²) in [6, 6.07) is 16.7. The van der Waals surface area contributed by atoms with Crippen molar-refractivity contribution in [2.75, 3.05) is 5.32 Å². The average Bonchev–Trinajstić information content (AvgIpc) is 3.10. The fraction of sp³-hybridized carbons (Fsp3) is 0.0455. The Morgan fingerprint density at radius 3 is 2.42 bits per heavy atom. The van der Waals surface area contributed by atoms with Crippen molar-refractivity contribution in [2.24, 2.45) is 0 Å². The Morgan fingerprint density at radius 2 is 1.71 bits per heavy atom. The van der Waals surface area contributed by atoms with Crippen molar-refractivity contribution < 1.29 is 17.6 Å². The van der Waals surface area contributed by atoms with E-state index in [2.05, 4.69) is 5.32 Å². The van der Waals surface area contributed by atoms with Crippen LogP contribution < -0.4 is 5.32 Å². The minimum atomic E-state index is -3.84. The molecule has 1 N–H and O–H groups in total. The molecule has 0 atom stereocenters. The number of fused-ring (bicyclic) bond motifs is 1. The molecule has 0 fully saturated rings. The second-order valence-electron chi connectivity index (χ2n) is 6.77. The summed E-state index contributed by atoms with van der Waals surface area (Å²) >= 11 is 11.6. The van der Waals surface area contributed by atoms with Crippen molar-refractivity contribution in [1.29, 1.82) is 0 Å². The van der Waals surface area contributed by atoms with Crippen molar-refractivity contribution in [3.05, 3.63) is 88.8 Å². The Kier molecular flexibility index (Phi) is 5.75. The van der Waals surface area contributed by atoms with Crippen LogP contribution in [0.1, 0.15) is 0 Å². The van der Waals surface area contributed by atoms with E-state index in [1.807, 2.05) is 0 Å². The number of aromatic nitrogens is 1. The van der Waals surface area contributed by atoms with Crippen LogP contribution in [0.15, 0.2) is 82.7 Å². The average molecular weight is 477 g/mol. The van der Waals surface area contributed by atoms with E-state index < -0.39 is 21.6 Å². The second-order valence-corrected chi connectivity index (χ2v) is 9.53. The van der Waals surface area contributed by atoms with Crippen LogP contribution in [0.5, 0.6) is 0 Å². The van der Waals surface area contributed by atoms with E-state index in [9.17, 15) is 17.6 Å². The Balaban J connectivity index is 1.69. The van der Waals surface area contributed by atoms with Gasteiger partial charge in [0, 0.05) is 27.8 Å². The van der Waals surface area contributed by atoms with Gasteiger partial charge in [-0.2, -0.15) is 0 Å². The molecule has 0 saturated heterocycles. The van der Waals surface area contributed by atoms with Gasteiger partial charge < -0.3 is 9.88 Å². The standard InChI is InChI=1S/C22H15Cl2FN2O3S/c23-14-5-8-16(9-6-14)31(29,30)21-12-27(20-4-2-1-3-17(20)21)13-22(28)26-15-7-10-19(25)18(24)11-15/h1-12H,13H2,(H,26,28). The monoisotopic (exact) mass is 476 g/mol. The molecule has 5 nitrogen and oxygen atoms in total. The SMILES string of the molecule is O=C(Cn1cc(S(=O)(=O)c2ccc(Cl)cc2)c2ccccc21)Nc1ccc(F)c(Cl)c1. The number of anilines is 1. The summed E-state index contributed by atoms with van der Waals surface area (Å²) in [7, 11) is -3.84. The van der Waals surface area contributed by atoms with E-state index in [-0.39, 0.29) is 21.4 Å². The van der Waals surface area contributed by atoms with Crippen molar-refractivity contribution >= 4 is 55.5 Å². The zero-order valence-electron chi connectivity index (χ0n) is 15.8. The number of amides is 1. The zero-order chi connectivity index (χ0) is 22.2. The number of nitrogens with zero attached hydrogens (tertiary/aromatic N) is 1. The Bertz CT molecular complexity index is 1400. The Hall–Kier alpha value is -2.87. The first-order valence-electron chi connectivity index (χ1n) is 9.09. The van der Waals surface area contributed by atoms with E-state index >= 15 is 0 Å². The van der Waals surface area contributed by atoms with E-state index in [0.717, 1.165) is 6.07 Å². The highest BCUT2D eigenvalue weighted by Gasteiger charge is 2.24. The fourth-order valence-electron chi connectivity index (χ4n) is 3.23. The second kappa shape index (κ2) is 8.34. The lowest BCUT2D eigenvalue weighted by atomic mass is 10.2. The van der Waals surface area contributed by atoms with E-state index in [1.54, 1.807) is 28.8 Å². The first-order valence-corrected chi connectivity index (χ1v) is 11.3. The highest BCUT2D eigenvalue weighted by atomic mass is 35.5. The Labute approximate surface area is 187 Å². The smallest absolute Gasteiger partial charge is 0.244 e. The van der Waals surface area contributed by atoms with Crippen LogP contribution in [0.4, 0.5) is 10.1 Å². The zero-order valence-corrected chi connectivity index (χ0v) is 18.2. The van der Waals surface area contributed by atoms with Gasteiger partial charge >= 0.3 is 0 Å². The molecule has 0 aliphatic rings. The lowest BCUT2D eigenvalue weighted by Crippen LogP contribution is -2.18. The van der Waals surface area contributed by atoms with E-state index in [0.29, 0.717) is 21.6 Å². The number of hydrogen-bond donors (Lipinski definition) is 1. The summed E-state index contributed by atoms with van der Waals surface area (Å²) in [4.78, 5) is 12.7. The van der Waals surface area contributed by atoms with Gasteiger partial charge in [0.2, 0.25) is 15.7 Å². The number of halogens is 3. The highest BCUT2D eigenvalue weighted by Crippen LogP contribution is 2.31. The molecular weight excluding hydrogens is 462 g/mol. The minimum Gasteiger partial charge on any atom is -0.337 e. The molecule has 0 radical (unpaired) electrons. The largest absolute Gasteiger partial charge is 0.337 e. The maximum atomic E-state index is 13.3. The van der Waals surface area contributed by atoms with Crippen molar-refractivity contribution in [2.45, 2.75) is 16.3 Å². The number of sulfone groups is 1. The minimum absolute atomic E-state index is 0.0862. The number of hydrogen-bond acceptors (Lipinski definition) is 3. The molecule has 1 amide bonds. The number of rotatable bonds is 5. The summed E-state index contributed by atoms with van der Waals surface area (Å²) in [6.07, 6.45) is 1.44. The summed E-state index contributed by atoms with van der Waals surface area (Å²) in [6.45, 7) is -0.147. The van der Waals surface area contributed by atoms with E-state index in [1.165, 1.54) is 42.6 Å². The van der Waals surface area contributed by atoms with Gasteiger partial charge in [0.25, 0.3) is 0 Å². The molecule has 4 aromatic rings. The van der Waals surface area contributed by atoms with Gasteiger partial charge in [-0.15, -0.1) is 0 Å². The number of carbonyl (C=O) groups excluding carboxylic acids is 1. The number of benzene rings is 3. The van der Waals surface area contributed by atoms with Crippen molar-refractivity contribution in [1.82, 2.24) is 4.57 Å². The van der Waals surface area contributed by atoms with Crippen LogP contribution in [0, 0.1) is 5.82 Å².